The molecule has 3 nitrogen and oxygen atoms in total. The molecule has 0 aliphatic rings. The summed E-state index contributed by atoms with van der Waals surface area (Å²) in [7, 11) is 0. The number of azo groups is 1. The molecule has 0 amide bonds. The number of nitrogens with zero attached hydrogens (tertiary/aromatic N) is 2. The molecule has 21 heavy (non-hydrogen) atoms. The minimum Gasteiger partial charge on any atom is -0.397 e. The van der Waals surface area contributed by atoms with Gasteiger partial charge in [0, 0.05) is 0 Å². The van der Waals surface area contributed by atoms with Gasteiger partial charge in [-0.15, -0.1) is 5.11 Å². The maximum Gasteiger partial charge on any atom is 0.109 e. The van der Waals surface area contributed by atoms with Crippen LogP contribution in [0.4, 0.5) is 11.4 Å². The SMILES string of the molecule is C=C/C(=C\C=C/C(C)C)N=Nc1ccc(C(C)C)cc1N. The van der Waals surface area contributed by atoms with E-state index in [0.29, 0.717) is 28.9 Å². The van der Waals surface area contributed by atoms with Gasteiger partial charge in [-0.05, 0) is 41.7 Å². The Balaban J connectivity index is 2.90. The van der Waals surface area contributed by atoms with E-state index in [1.165, 1.54) is 5.56 Å². The van der Waals surface area contributed by atoms with Gasteiger partial charge in [-0.25, -0.2) is 0 Å². The molecule has 0 bridgehead atoms. The number of rotatable bonds is 6. The average molecular weight is 283 g/mol. The molecule has 0 saturated heterocycles. The Morgan fingerprint density at radius 2 is 1.95 bits per heavy atom. The summed E-state index contributed by atoms with van der Waals surface area (Å²) >= 11 is 0. The van der Waals surface area contributed by atoms with Gasteiger partial charge in [0.25, 0.3) is 0 Å². The molecule has 0 aromatic heterocycles. The van der Waals surface area contributed by atoms with Crippen molar-refractivity contribution in [3.63, 3.8) is 0 Å². The summed E-state index contributed by atoms with van der Waals surface area (Å²) < 4.78 is 0. The zero-order chi connectivity index (χ0) is 15.8. The highest BCUT2D eigenvalue weighted by Crippen LogP contribution is 2.27. The fourth-order valence-corrected chi connectivity index (χ4v) is 1.65. The second kappa shape index (κ2) is 8.20. The van der Waals surface area contributed by atoms with Crippen molar-refractivity contribution in [1.29, 1.82) is 0 Å². The zero-order valence-corrected chi connectivity index (χ0v) is 13.4. The van der Waals surface area contributed by atoms with Crippen LogP contribution in [-0.2, 0) is 0 Å². The molecular formula is C18H25N3. The van der Waals surface area contributed by atoms with Gasteiger partial charge < -0.3 is 5.73 Å². The summed E-state index contributed by atoms with van der Waals surface area (Å²) in [4.78, 5) is 0. The van der Waals surface area contributed by atoms with Crippen LogP contribution in [0.2, 0.25) is 0 Å². The van der Waals surface area contributed by atoms with E-state index in [4.69, 9.17) is 5.73 Å². The molecule has 0 saturated carbocycles. The normalized spacial score (nSPS) is 13.0. The third-order valence-electron chi connectivity index (χ3n) is 2.96. The molecule has 2 N–H and O–H groups in total. The van der Waals surface area contributed by atoms with Crippen LogP contribution in [0.15, 0.2) is 65.0 Å². The lowest BCUT2D eigenvalue weighted by Crippen LogP contribution is -1.91. The van der Waals surface area contributed by atoms with Crippen molar-refractivity contribution in [2.75, 3.05) is 5.73 Å². The molecule has 112 valence electrons. The first-order chi connectivity index (χ1) is 9.93. The lowest BCUT2D eigenvalue weighted by atomic mass is 10.0. The molecule has 0 atom stereocenters. The van der Waals surface area contributed by atoms with Crippen LogP contribution in [0.3, 0.4) is 0 Å². The Bertz CT molecular complexity index is 564. The summed E-state index contributed by atoms with van der Waals surface area (Å²) in [6, 6.07) is 5.89. The first-order valence-corrected chi connectivity index (χ1v) is 7.26. The molecule has 0 fully saturated rings. The summed E-state index contributed by atoms with van der Waals surface area (Å²) in [5.74, 6) is 0.951. The molecule has 0 spiro atoms. The first-order valence-electron chi connectivity index (χ1n) is 7.26. The Labute approximate surface area is 128 Å². The van der Waals surface area contributed by atoms with Gasteiger partial charge in [-0.3, -0.25) is 0 Å². The van der Waals surface area contributed by atoms with Gasteiger partial charge >= 0.3 is 0 Å². The van der Waals surface area contributed by atoms with Gasteiger partial charge in [-0.1, -0.05) is 52.5 Å². The fraction of sp³-hybridized carbons (Fsp3) is 0.333. The van der Waals surface area contributed by atoms with Crippen molar-refractivity contribution < 1.29 is 0 Å². The highest BCUT2D eigenvalue weighted by atomic mass is 15.1. The largest absolute Gasteiger partial charge is 0.397 e. The standard InChI is InChI=1S/C18H25N3/c1-6-16(9-7-8-13(2)3)20-21-18-11-10-15(14(4)5)12-17(18)19/h6-14H,1,19H2,2-5H3/b8-7-,16-9+,21-20?. The number of nitrogens with two attached hydrogens (primary N) is 1. The topological polar surface area (TPSA) is 50.7 Å². The lowest BCUT2D eigenvalue weighted by molar-refractivity contribution is 0.832. The van der Waals surface area contributed by atoms with E-state index >= 15 is 0 Å². The van der Waals surface area contributed by atoms with Crippen molar-refractivity contribution >= 4 is 11.4 Å². The van der Waals surface area contributed by atoms with E-state index in [2.05, 4.69) is 50.6 Å². The molecule has 3 heteroatoms. The molecule has 0 heterocycles. The lowest BCUT2D eigenvalue weighted by Gasteiger charge is -2.07. The van der Waals surface area contributed by atoms with Crippen LogP contribution >= 0.6 is 0 Å². The van der Waals surface area contributed by atoms with Gasteiger partial charge in [0.15, 0.2) is 0 Å². The van der Waals surface area contributed by atoms with Crippen LogP contribution < -0.4 is 5.73 Å². The second-order valence-corrected chi connectivity index (χ2v) is 5.60. The summed E-state index contributed by atoms with van der Waals surface area (Å²) in [5, 5.41) is 8.38. The Morgan fingerprint density at radius 1 is 1.24 bits per heavy atom. The van der Waals surface area contributed by atoms with E-state index < -0.39 is 0 Å². The van der Waals surface area contributed by atoms with Gasteiger partial charge in [0.1, 0.15) is 5.69 Å². The molecule has 0 aliphatic heterocycles. The number of anilines is 1. The summed E-state index contributed by atoms with van der Waals surface area (Å²) in [6.07, 6.45) is 7.61. The monoisotopic (exact) mass is 283 g/mol. The molecule has 1 aromatic carbocycles. The predicted octanol–water partition coefficient (Wildman–Crippen LogP) is 5.76. The number of hydrogen-bond acceptors (Lipinski definition) is 3. The molecule has 1 rings (SSSR count). The summed E-state index contributed by atoms with van der Waals surface area (Å²) in [6.45, 7) is 12.3. The first kappa shape index (κ1) is 16.9. The number of hydrogen-bond donors (Lipinski definition) is 1. The van der Waals surface area contributed by atoms with Crippen molar-refractivity contribution in [2.45, 2.75) is 33.6 Å². The molecule has 0 unspecified atom stereocenters. The molecule has 0 aliphatic carbocycles. The van der Waals surface area contributed by atoms with Crippen LogP contribution in [0, 0.1) is 5.92 Å². The Hall–Kier alpha value is -2.16. The van der Waals surface area contributed by atoms with E-state index in [1.54, 1.807) is 6.08 Å². The predicted molar refractivity (Wildman–Crippen MR) is 91.7 cm³/mol. The number of allylic oxidation sites excluding steroid dienone is 4. The quantitative estimate of drug-likeness (QED) is 0.403. The second-order valence-electron chi connectivity index (χ2n) is 5.60. The number of benzene rings is 1. The van der Waals surface area contributed by atoms with Crippen molar-refractivity contribution in [2.24, 2.45) is 16.1 Å². The van der Waals surface area contributed by atoms with E-state index in [-0.39, 0.29) is 0 Å². The van der Waals surface area contributed by atoms with E-state index in [1.807, 2.05) is 30.4 Å². The smallest absolute Gasteiger partial charge is 0.109 e. The zero-order valence-electron chi connectivity index (χ0n) is 13.4. The minimum atomic E-state index is 0.447. The van der Waals surface area contributed by atoms with Crippen LogP contribution in [0.5, 0.6) is 0 Å². The average Bonchev–Trinajstić information content (AvgIpc) is 2.43. The van der Waals surface area contributed by atoms with Crippen LogP contribution in [-0.4, -0.2) is 0 Å². The Kier molecular flexibility index (Phi) is 6.60. The highest BCUT2D eigenvalue weighted by Gasteiger charge is 2.03. The summed E-state index contributed by atoms with van der Waals surface area (Å²) in [5.41, 5.74) is 9.25. The maximum atomic E-state index is 6.01. The van der Waals surface area contributed by atoms with Crippen molar-refractivity contribution in [3.05, 3.63) is 60.3 Å². The van der Waals surface area contributed by atoms with Crippen LogP contribution in [0.1, 0.15) is 39.2 Å². The van der Waals surface area contributed by atoms with Gasteiger partial charge in [-0.2, -0.15) is 5.11 Å². The number of nitrogen functional groups attached to an aromatic ring is 1. The molecule has 0 radical (unpaired) electrons. The van der Waals surface area contributed by atoms with Gasteiger partial charge in [0.05, 0.1) is 11.4 Å². The van der Waals surface area contributed by atoms with Gasteiger partial charge in [0.2, 0.25) is 0 Å². The van der Waals surface area contributed by atoms with E-state index in [9.17, 15) is 0 Å². The minimum absolute atomic E-state index is 0.447. The van der Waals surface area contributed by atoms with Crippen molar-refractivity contribution in [3.8, 4) is 0 Å². The van der Waals surface area contributed by atoms with Crippen molar-refractivity contribution in [1.82, 2.24) is 0 Å². The highest BCUT2D eigenvalue weighted by molar-refractivity contribution is 5.63. The fourth-order valence-electron chi connectivity index (χ4n) is 1.65. The molecule has 1 aromatic rings. The Morgan fingerprint density at radius 3 is 2.48 bits per heavy atom. The third-order valence-corrected chi connectivity index (χ3v) is 2.96. The maximum absolute atomic E-state index is 6.01. The van der Waals surface area contributed by atoms with E-state index in [0.717, 1.165) is 0 Å². The third kappa shape index (κ3) is 5.78. The van der Waals surface area contributed by atoms with Crippen LogP contribution in [0.25, 0.3) is 0 Å². The molecular weight excluding hydrogens is 258 g/mol.